The third-order valence-electron chi connectivity index (χ3n) is 2.32. The Hall–Kier alpha value is -0.290. The van der Waals surface area contributed by atoms with E-state index in [9.17, 15) is 13.2 Å². The van der Waals surface area contributed by atoms with Crippen LogP contribution in [0.3, 0.4) is 0 Å². The minimum Gasteiger partial charge on any atom is -0.351 e. The summed E-state index contributed by atoms with van der Waals surface area (Å²) in [6.45, 7) is 5.86. The standard InChI is InChI=1S/C10H18ClNO3S/c1-10(2,3)4-9(13)12-8-6-16(14,15)5-7(8)11/h7-8H,4-6H2,1-3H3,(H,12,13)/t7-,8-/m0/s1. The van der Waals surface area contributed by atoms with Crippen molar-refractivity contribution in [2.24, 2.45) is 5.41 Å². The third kappa shape index (κ3) is 4.29. The van der Waals surface area contributed by atoms with Gasteiger partial charge in [-0.15, -0.1) is 11.6 Å². The zero-order valence-corrected chi connectivity index (χ0v) is 11.4. The van der Waals surface area contributed by atoms with Gasteiger partial charge in [-0.25, -0.2) is 8.42 Å². The maximum absolute atomic E-state index is 11.6. The molecule has 0 saturated carbocycles. The summed E-state index contributed by atoms with van der Waals surface area (Å²) in [7, 11) is -3.08. The Morgan fingerprint density at radius 2 is 1.94 bits per heavy atom. The molecule has 1 fully saturated rings. The smallest absolute Gasteiger partial charge is 0.220 e. The van der Waals surface area contributed by atoms with Crippen molar-refractivity contribution < 1.29 is 13.2 Å². The highest BCUT2D eigenvalue weighted by Gasteiger charge is 2.37. The Morgan fingerprint density at radius 1 is 1.38 bits per heavy atom. The van der Waals surface area contributed by atoms with E-state index in [1.54, 1.807) is 0 Å². The second kappa shape index (κ2) is 4.53. The number of sulfone groups is 1. The Bertz CT molecular complexity index is 372. The lowest BCUT2D eigenvalue weighted by molar-refractivity contribution is -0.123. The number of hydrogen-bond donors (Lipinski definition) is 1. The fourth-order valence-electron chi connectivity index (χ4n) is 1.68. The second-order valence-corrected chi connectivity index (χ2v) is 8.22. The van der Waals surface area contributed by atoms with Gasteiger partial charge < -0.3 is 5.32 Å². The highest BCUT2D eigenvalue weighted by Crippen LogP contribution is 2.21. The molecule has 1 rings (SSSR count). The zero-order chi connectivity index (χ0) is 12.6. The van der Waals surface area contributed by atoms with Gasteiger partial charge >= 0.3 is 0 Å². The van der Waals surface area contributed by atoms with Gasteiger partial charge in [-0.1, -0.05) is 20.8 Å². The van der Waals surface area contributed by atoms with Gasteiger partial charge in [0, 0.05) is 6.42 Å². The predicted molar refractivity (Wildman–Crippen MR) is 64.3 cm³/mol. The molecule has 0 aliphatic carbocycles. The summed E-state index contributed by atoms with van der Waals surface area (Å²) < 4.78 is 22.6. The molecule has 1 heterocycles. The molecule has 0 aromatic carbocycles. The molecule has 0 bridgehead atoms. The van der Waals surface area contributed by atoms with Crippen molar-refractivity contribution in [3.8, 4) is 0 Å². The maximum Gasteiger partial charge on any atom is 0.220 e. The molecule has 0 radical (unpaired) electrons. The van der Waals surface area contributed by atoms with Crippen molar-refractivity contribution in [3.05, 3.63) is 0 Å². The van der Waals surface area contributed by atoms with E-state index in [1.165, 1.54) is 0 Å². The van der Waals surface area contributed by atoms with Crippen LogP contribution in [0.25, 0.3) is 0 Å². The first-order valence-electron chi connectivity index (χ1n) is 5.23. The normalized spacial score (nSPS) is 29.0. The lowest BCUT2D eigenvalue weighted by Crippen LogP contribution is -2.41. The maximum atomic E-state index is 11.6. The molecule has 6 heteroatoms. The van der Waals surface area contributed by atoms with E-state index in [4.69, 9.17) is 11.6 Å². The van der Waals surface area contributed by atoms with Crippen LogP contribution in [-0.4, -0.2) is 37.2 Å². The molecule has 1 aliphatic rings. The predicted octanol–water partition coefficient (Wildman–Crippen LogP) is 0.943. The average Bonchev–Trinajstić information content (AvgIpc) is 2.19. The van der Waals surface area contributed by atoms with Crippen LogP contribution in [0.2, 0.25) is 0 Å². The Balaban J connectivity index is 2.53. The van der Waals surface area contributed by atoms with E-state index in [0.29, 0.717) is 6.42 Å². The lowest BCUT2D eigenvalue weighted by Gasteiger charge is -2.20. The van der Waals surface area contributed by atoms with Crippen molar-refractivity contribution in [1.29, 1.82) is 0 Å². The number of amides is 1. The summed E-state index contributed by atoms with van der Waals surface area (Å²) in [6, 6.07) is -0.443. The molecular formula is C10H18ClNO3S. The average molecular weight is 268 g/mol. The Morgan fingerprint density at radius 3 is 2.31 bits per heavy atom. The van der Waals surface area contributed by atoms with Gasteiger partial charge in [0.15, 0.2) is 9.84 Å². The number of hydrogen-bond acceptors (Lipinski definition) is 3. The quantitative estimate of drug-likeness (QED) is 0.758. The fourth-order valence-corrected chi connectivity index (χ4v) is 4.23. The van der Waals surface area contributed by atoms with Crippen LogP contribution in [0.5, 0.6) is 0 Å². The molecule has 0 aromatic rings. The number of rotatable bonds is 2. The van der Waals surface area contributed by atoms with Gasteiger partial charge in [-0.2, -0.15) is 0 Å². The monoisotopic (exact) mass is 267 g/mol. The van der Waals surface area contributed by atoms with Crippen LogP contribution in [-0.2, 0) is 14.6 Å². The second-order valence-electron chi connectivity index (χ2n) is 5.50. The van der Waals surface area contributed by atoms with Gasteiger partial charge in [0.1, 0.15) is 0 Å². The van der Waals surface area contributed by atoms with Crippen LogP contribution in [0.1, 0.15) is 27.2 Å². The van der Waals surface area contributed by atoms with Crippen LogP contribution < -0.4 is 5.32 Å². The van der Waals surface area contributed by atoms with Gasteiger partial charge in [0.2, 0.25) is 5.91 Å². The topological polar surface area (TPSA) is 63.2 Å². The van der Waals surface area contributed by atoms with Crippen molar-refractivity contribution in [3.63, 3.8) is 0 Å². The van der Waals surface area contributed by atoms with Gasteiger partial charge in [0.05, 0.1) is 22.9 Å². The SMILES string of the molecule is CC(C)(C)CC(=O)N[C@H]1CS(=O)(=O)C[C@@H]1Cl. The largest absolute Gasteiger partial charge is 0.351 e. The molecule has 94 valence electrons. The molecule has 0 spiro atoms. The van der Waals surface area contributed by atoms with Crippen LogP contribution in [0.4, 0.5) is 0 Å². The first-order valence-corrected chi connectivity index (χ1v) is 7.49. The number of carbonyl (C=O) groups is 1. The van der Waals surface area contributed by atoms with Crippen molar-refractivity contribution in [2.45, 2.75) is 38.6 Å². The molecular weight excluding hydrogens is 250 g/mol. The summed E-state index contributed by atoms with van der Waals surface area (Å²) in [6.07, 6.45) is 0.368. The first kappa shape index (κ1) is 13.8. The molecule has 0 unspecified atom stereocenters. The molecule has 16 heavy (non-hydrogen) atoms. The van der Waals surface area contributed by atoms with E-state index in [0.717, 1.165) is 0 Å². The van der Waals surface area contributed by atoms with E-state index in [1.807, 2.05) is 20.8 Å². The number of halogens is 1. The fraction of sp³-hybridized carbons (Fsp3) is 0.900. The summed E-state index contributed by atoms with van der Waals surface area (Å²) in [5.41, 5.74) is -0.108. The van der Waals surface area contributed by atoms with Gasteiger partial charge in [-0.3, -0.25) is 4.79 Å². The van der Waals surface area contributed by atoms with E-state index in [2.05, 4.69) is 5.32 Å². The molecule has 1 amide bonds. The van der Waals surface area contributed by atoms with Crippen molar-refractivity contribution in [1.82, 2.24) is 5.32 Å². The van der Waals surface area contributed by atoms with Crippen LogP contribution in [0.15, 0.2) is 0 Å². The number of alkyl halides is 1. The van der Waals surface area contributed by atoms with Gasteiger partial charge in [0.25, 0.3) is 0 Å². The molecule has 1 aliphatic heterocycles. The minimum atomic E-state index is -3.08. The zero-order valence-electron chi connectivity index (χ0n) is 9.79. The third-order valence-corrected chi connectivity index (χ3v) is 4.70. The van der Waals surface area contributed by atoms with E-state index in [-0.39, 0.29) is 22.8 Å². The minimum absolute atomic E-state index is 0.0446. The summed E-state index contributed by atoms with van der Waals surface area (Å²) in [4.78, 5) is 11.6. The number of nitrogens with one attached hydrogen (secondary N) is 1. The Labute approximate surface area is 102 Å². The Kier molecular flexibility index (Phi) is 3.90. The first-order chi connectivity index (χ1) is 7.09. The van der Waals surface area contributed by atoms with Crippen LogP contribution in [0, 0.1) is 5.41 Å². The number of carbonyl (C=O) groups excluding carboxylic acids is 1. The van der Waals surface area contributed by atoms with Crippen molar-refractivity contribution >= 4 is 27.3 Å². The van der Waals surface area contributed by atoms with E-state index < -0.39 is 21.3 Å². The molecule has 0 aromatic heterocycles. The van der Waals surface area contributed by atoms with E-state index >= 15 is 0 Å². The van der Waals surface area contributed by atoms with Gasteiger partial charge in [-0.05, 0) is 5.41 Å². The molecule has 1 saturated heterocycles. The highest BCUT2D eigenvalue weighted by atomic mass is 35.5. The molecule has 1 N–H and O–H groups in total. The lowest BCUT2D eigenvalue weighted by atomic mass is 9.92. The molecule has 2 atom stereocenters. The highest BCUT2D eigenvalue weighted by molar-refractivity contribution is 7.91. The molecule has 4 nitrogen and oxygen atoms in total. The van der Waals surface area contributed by atoms with Crippen molar-refractivity contribution in [2.75, 3.05) is 11.5 Å². The summed E-state index contributed by atoms with van der Waals surface area (Å²) >= 11 is 5.88. The summed E-state index contributed by atoms with van der Waals surface area (Å²) in [5.74, 6) is -0.230. The van der Waals surface area contributed by atoms with Crippen LogP contribution >= 0.6 is 11.6 Å². The summed E-state index contributed by atoms with van der Waals surface area (Å²) in [5, 5.41) is 2.19.